The number of hydrogen-bond acceptors (Lipinski definition) is 5. The van der Waals surface area contributed by atoms with Gasteiger partial charge in [0.15, 0.2) is 0 Å². The number of aliphatic carboxylic acids is 1. The number of carbonyl (C=O) groups is 3. The van der Waals surface area contributed by atoms with Gasteiger partial charge in [0.05, 0.1) is 5.75 Å². The van der Waals surface area contributed by atoms with Gasteiger partial charge in [-0.3, -0.25) is 4.79 Å². The summed E-state index contributed by atoms with van der Waals surface area (Å²) in [6, 6.07) is -1.90. The van der Waals surface area contributed by atoms with Gasteiger partial charge >= 0.3 is 12.0 Å². The van der Waals surface area contributed by atoms with Gasteiger partial charge in [0.25, 0.3) is 0 Å². The van der Waals surface area contributed by atoms with Gasteiger partial charge < -0.3 is 20.6 Å². The first-order valence-electron chi connectivity index (χ1n) is 6.42. The van der Waals surface area contributed by atoms with E-state index in [1.807, 2.05) is 0 Å². The number of carbonyl (C=O) groups excluding carboxylic acids is 2. The maximum absolute atomic E-state index is 12.0. The number of nitrogens with zero attached hydrogens (tertiary/aromatic N) is 1. The zero-order chi connectivity index (χ0) is 16.0. The van der Waals surface area contributed by atoms with Gasteiger partial charge in [0.1, 0.15) is 15.9 Å². The Kier molecular flexibility index (Phi) is 5.94. The molecule has 0 bridgehead atoms. The summed E-state index contributed by atoms with van der Waals surface area (Å²) in [6.07, 6.45) is 0.944. The summed E-state index contributed by atoms with van der Waals surface area (Å²) in [4.78, 5) is 35.5. The van der Waals surface area contributed by atoms with E-state index < -0.39 is 27.9 Å². The molecule has 1 aliphatic rings. The molecule has 3 amide bonds. The van der Waals surface area contributed by atoms with Crippen LogP contribution in [0.25, 0.3) is 0 Å². The number of carboxylic acids is 1. The monoisotopic (exact) mass is 321 g/mol. The Hall–Kier alpha value is -1.84. The van der Waals surface area contributed by atoms with E-state index in [4.69, 9.17) is 5.11 Å². The molecule has 0 aromatic heterocycles. The molecule has 0 spiro atoms. The average Bonchev–Trinajstić information content (AvgIpc) is 2.57. The first kappa shape index (κ1) is 17.2. The van der Waals surface area contributed by atoms with Gasteiger partial charge in [-0.15, -0.1) is 0 Å². The van der Waals surface area contributed by atoms with Crippen LogP contribution in [0.15, 0.2) is 0 Å². The lowest BCUT2D eigenvalue weighted by Crippen LogP contribution is -2.49. The predicted octanol–water partition coefficient (Wildman–Crippen LogP) is -1.59. The molecule has 0 aliphatic carbocycles. The number of hydrogen-bond donors (Lipinski definition) is 3. The fourth-order valence-corrected chi connectivity index (χ4v) is 2.46. The lowest BCUT2D eigenvalue weighted by molar-refractivity contribution is -0.139. The van der Waals surface area contributed by atoms with E-state index in [9.17, 15) is 22.8 Å². The Bertz CT molecular complexity index is 518. The van der Waals surface area contributed by atoms with Gasteiger partial charge in [-0.1, -0.05) is 0 Å². The molecule has 1 atom stereocenters. The molecule has 1 aliphatic heterocycles. The van der Waals surface area contributed by atoms with Crippen LogP contribution in [0.3, 0.4) is 0 Å². The van der Waals surface area contributed by atoms with Crippen LogP contribution >= 0.6 is 0 Å². The van der Waals surface area contributed by atoms with Crippen molar-refractivity contribution in [2.24, 2.45) is 0 Å². The number of carboxylic acid groups (broad SMARTS) is 1. The van der Waals surface area contributed by atoms with Gasteiger partial charge in [-0.25, -0.2) is 18.0 Å². The molecule has 0 saturated carbocycles. The second kappa shape index (κ2) is 7.25. The van der Waals surface area contributed by atoms with Crippen LogP contribution in [-0.2, 0) is 19.4 Å². The minimum atomic E-state index is -3.31. The first-order valence-corrected chi connectivity index (χ1v) is 8.48. The van der Waals surface area contributed by atoms with Crippen LogP contribution in [-0.4, -0.2) is 74.0 Å². The standard InChI is InChI=1S/C11H19N3O6S/c1-21(19,20)7-3-8(10(16)17)13-11(18)14-5-2-9(15)12-4-6-14/h8H,2-7H2,1H3,(H,12,15)(H,13,18)(H,16,17). The molecule has 3 N–H and O–H groups in total. The smallest absolute Gasteiger partial charge is 0.326 e. The predicted molar refractivity (Wildman–Crippen MR) is 73.5 cm³/mol. The van der Waals surface area contributed by atoms with Gasteiger partial charge in [0, 0.05) is 32.3 Å². The van der Waals surface area contributed by atoms with Crippen molar-refractivity contribution in [1.82, 2.24) is 15.5 Å². The van der Waals surface area contributed by atoms with Crippen molar-refractivity contribution in [1.29, 1.82) is 0 Å². The Morgan fingerprint density at radius 2 is 2.10 bits per heavy atom. The van der Waals surface area contributed by atoms with Crippen LogP contribution in [0.1, 0.15) is 12.8 Å². The Morgan fingerprint density at radius 3 is 2.67 bits per heavy atom. The van der Waals surface area contributed by atoms with Crippen molar-refractivity contribution in [3.63, 3.8) is 0 Å². The molecule has 120 valence electrons. The molecule has 21 heavy (non-hydrogen) atoms. The largest absolute Gasteiger partial charge is 0.480 e. The van der Waals surface area contributed by atoms with E-state index in [0.717, 1.165) is 6.26 Å². The third kappa shape index (κ3) is 6.43. The molecular formula is C11H19N3O6S. The Balaban J connectivity index is 2.59. The van der Waals surface area contributed by atoms with Crippen LogP contribution in [0.2, 0.25) is 0 Å². The van der Waals surface area contributed by atoms with Crippen molar-refractivity contribution in [2.75, 3.05) is 31.6 Å². The molecule has 0 aromatic carbocycles. The van der Waals surface area contributed by atoms with Crippen LogP contribution in [0.4, 0.5) is 4.79 Å². The summed E-state index contributed by atoms with van der Waals surface area (Å²) in [6.45, 7) is 0.763. The molecule has 9 nitrogen and oxygen atoms in total. The number of sulfone groups is 1. The van der Waals surface area contributed by atoms with E-state index in [-0.39, 0.29) is 37.6 Å². The molecule has 1 fully saturated rings. The molecule has 0 radical (unpaired) electrons. The number of rotatable bonds is 5. The molecule has 1 saturated heterocycles. The van der Waals surface area contributed by atoms with E-state index in [2.05, 4.69) is 10.6 Å². The fraction of sp³-hybridized carbons (Fsp3) is 0.727. The van der Waals surface area contributed by atoms with E-state index in [1.165, 1.54) is 4.90 Å². The second-order valence-corrected chi connectivity index (χ2v) is 7.11. The van der Waals surface area contributed by atoms with Crippen molar-refractivity contribution in [3.8, 4) is 0 Å². The molecule has 1 heterocycles. The number of nitrogens with one attached hydrogen (secondary N) is 2. The minimum absolute atomic E-state index is 0.147. The summed E-state index contributed by atoms with van der Waals surface area (Å²) >= 11 is 0. The van der Waals surface area contributed by atoms with E-state index >= 15 is 0 Å². The molecule has 10 heteroatoms. The SMILES string of the molecule is CS(=O)(=O)CCC(NC(=O)N1CCNC(=O)CC1)C(=O)O. The van der Waals surface area contributed by atoms with Crippen LogP contribution in [0.5, 0.6) is 0 Å². The Morgan fingerprint density at radius 1 is 1.43 bits per heavy atom. The molecule has 1 rings (SSSR count). The van der Waals surface area contributed by atoms with Crippen molar-refractivity contribution in [3.05, 3.63) is 0 Å². The van der Waals surface area contributed by atoms with Crippen LogP contribution in [0, 0.1) is 0 Å². The zero-order valence-corrected chi connectivity index (χ0v) is 12.5. The number of urea groups is 1. The Labute approximate surface area is 122 Å². The normalized spacial score (nSPS) is 17.6. The van der Waals surface area contributed by atoms with Crippen molar-refractivity contribution >= 4 is 27.7 Å². The van der Waals surface area contributed by atoms with Crippen molar-refractivity contribution in [2.45, 2.75) is 18.9 Å². The maximum atomic E-state index is 12.0. The fourth-order valence-electron chi connectivity index (χ4n) is 1.80. The van der Waals surface area contributed by atoms with Crippen LogP contribution < -0.4 is 10.6 Å². The molecule has 0 aromatic rings. The first-order chi connectivity index (χ1) is 9.69. The third-order valence-corrected chi connectivity index (χ3v) is 3.95. The second-order valence-electron chi connectivity index (χ2n) is 4.85. The summed E-state index contributed by atoms with van der Waals surface area (Å²) in [5.74, 6) is -1.79. The summed E-state index contributed by atoms with van der Waals surface area (Å²) in [5, 5.41) is 13.9. The zero-order valence-electron chi connectivity index (χ0n) is 11.7. The van der Waals surface area contributed by atoms with E-state index in [1.54, 1.807) is 0 Å². The van der Waals surface area contributed by atoms with Crippen molar-refractivity contribution < 1.29 is 27.9 Å². The average molecular weight is 321 g/mol. The third-order valence-electron chi connectivity index (χ3n) is 2.97. The summed E-state index contributed by atoms with van der Waals surface area (Å²) in [5.41, 5.74) is 0. The molecular weight excluding hydrogens is 302 g/mol. The van der Waals surface area contributed by atoms with Gasteiger partial charge in [0.2, 0.25) is 5.91 Å². The maximum Gasteiger partial charge on any atom is 0.326 e. The highest BCUT2D eigenvalue weighted by atomic mass is 32.2. The highest BCUT2D eigenvalue weighted by molar-refractivity contribution is 7.90. The topological polar surface area (TPSA) is 133 Å². The quantitative estimate of drug-likeness (QED) is 0.559. The summed E-state index contributed by atoms with van der Waals surface area (Å²) < 4.78 is 22.1. The van der Waals surface area contributed by atoms with Gasteiger partial charge in [-0.2, -0.15) is 0 Å². The van der Waals surface area contributed by atoms with Gasteiger partial charge in [-0.05, 0) is 6.42 Å². The lowest BCUT2D eigenvalue weighted by Gasteiger charge is -2.23. The summed E-state index contributed by atoms with van der Waals surface area (Å²) in [7, 11) is -3.31. The molecule has 1 unspecified atom stereocenters. The highest BCUT2D eigenvalue weighted by Crippen LogP contribution is 2.01. The lowest BCUT2D eigenvalue weighted by atomic mass is 10.2. The highest BCUT2D eigenvalue weighted by Gasteiger charge is 2.25. The minimum Gasteiger partial charge on any atom is -0.480 e. The number of amides is 3. The van der Waals surface area contributed by atoms with E-state index in [0.29, 0.717) is 6.54 Å².